The number of halogens is 3. The van der Waals surface area contributed by atoms with E-state index in [1.807, 2.05) is 53.3 Å². The van der Waals surface area contributed by atoms with Crippen LogP contribution in [0.2, 0.25) is 0 Å². The van der Waals surface area contributed by atoms with Crippen molar-refractivity contribution < 1.29 is 26.3 Å². The molecule has 0 saturated heterocycles. The number of para-hydroxylation sites is 1. The summed E-state index contributed by atoms with van der Waals surface area (Å²) in [5.74, 6) is -0.207. The highest BCUT2D eigenvalue weighted by molar-refractivity contribution is 7.92. The first kappa shape index (κ1) is 23.7. The highest BCUT2D eigenvalue weighted by Gasteiger charge is 2.33. The number of hydrogen-bond donors (Lipinski definition) is 1. The molecular weight excluding hydrogens is 481 g/mol. The molecule has 0 fully saturated rings. The summed E-state index contributed by atoms with van der Waals surface area (Å²) in [5, 5.41) is 9.59. The average molecular weight is 496 g/mol. The molecule has 0 aliphatic rings. The summed E-state index contributed by atoms with van der Waals surface area (Å²) in [7, 11) is -4.40. The number of nitriles is 1. The molecule has 4 rings (SSSR count). The maximum Gasteiger partial charge on any atom is 0.433 e. The van der Waals surface area contributed by atoms with Crippen LogP contribution in [0.15, 0.2) is 90.0 Å². The van der Waals surface area contributed by atoms with Crippen molar-refractivity contribution in [1.82, 2.24) is 9.97 Å². The van der Waals surface area contributed by atoms with Gasteiger partial charge in [0.25, 0.3) is 10.0 Å². The van der Waals surface area contributed by atoms with Crippen LogP contribution < -0.4 is 9.46 Å². The molecule has 0 bridgehead atoms. The second-order valence-corrected chi connectivity index (χ2v) is 8.79. The Balaban J connectivity index is 1.63. The van der Waals surface area contributed by atoms with E-state index in [1.165, 1.54) is 6.07 Å². The largest absolute Gasteiger partial charge is 0.455 e. The number of nitrogens with one attached hydrogen (secondary N) is 1. The molecule has 0 atom stereocenters. The summed E-state index contributed by atoms with van der Waals surface area (Å²) in [6, 6.07) is 22.5. The third-order valence-electron chi connectivity index (χ3n) is 4.75. The molecule has 0 saturated carbocycles. The molecule has 0 spiro atoms. The van der Waals surface area contributed by atoms with Crippen molar-refractivity contribution in [3.8, 4) is 28.7 Å². The Hall–Kier alpha value is -4.43. The van der Waals surface area contributed by atoms with E-state index in [-0.39, 0.29) is 16.2 Å². The van der Waals surface area contributed by atoms with Crippen molar-refractivity contribution in [2.75, 3.05) is 4.72 Å². The predicted molar refractivity (Wildman–Crippen MR) is 121 cm³/mol. The Labute approximate surface area is 198 Å². The molecule has 0 aliphatic heterocycles. The zero-order valence-corrected chi connectivity index (χ0v) is 18.5. The number of alkyl halides is 3. The molecule has 0 radical (unpaired) electrons. The zero-order chi connectivity index (χ0) is 25.1. The standard InChI is InChI=1S/C24H15F3N4O3S/c25-24(26,27)22-12-13-29-23(30-22)31-35(32,33)18-10-11-20(17(14-18)15-28)34-21-9-5-4-8-19(21)16-6-2-1-3-7-16/h1-14H,(H,29,30,31). The molecule has 11 heteroatoms. The van der Waals surface area contributed by atoms with Gasteiger partial charge in [-0.3, -0.25) is 0 Å². The fraction of sp³-hybridized carbons (Fsp3) is 0.0417. The zero-order valence-electron chi connectivity index (χ0n) is 17.7. The van der Waals surface area contributed by atoms with E-state index in [0.29, 0.717) is 11.8 Å². The van der Waals surface area contributed by atoms with Gasteiger partial charge in [-0.15, -0.1) is 0 Å². The minimum absolute atomic E-state index is 0.0966. The summed E-state index contributed by atoms with van der Waals surface area (Å²) >= 11 is 0. The molecule has 0 unspecified atom stereocenters. The van der Waals surface area contributed by atoms with Crippen molar-refractivity contribution in [2.45, 2.75) is 11.1 Å². The lowest BCUT2D eigenvalue weighted by molar-refractivity contribution is -0.141. The third kappa shape index (κ3) is 5.39. The van der Waals surface area contributed by atoms with Crippen LogP contribution in [0.4, 0.5) is 19.1 Å². The predicted octanol–water partition coefficient (Wildman–Crippen LogP) is 5.63. The Morgan fingerprint density at radius 1 is 0.914 bits per heavy atom. The highest BCUT2D eigenvalue weighted by atomic mass is 32.2. The fourth-order valence-electron chi connectivity index (χ4n) is 3.13. The smallest absolute Gasteiger partial charge is 0.433 e. The summed E-state index contributed by atoms with van der Waals surface area (Å²) in [6.07, 6.45) is -3.98. The van der Waals surface area contributed by atoms with Crippen LogP contribution in [0.1, 0.15) is 11.3 Å². The molecule has 0 aliphatic carbocycles. The van der Waals surface area contributed by atoms with E-state index >= 15 is 0 Å². The molecule has 7 nitrogen and oxygen atoms in total. The van der Waals surface area contributed by atoms with Gasteiger partial charge in [0.05, 0.1) is 10.5 Å². The maximum absolute atomic E-state index is 12.9. The van der Waals surface area contributed by atoms with Crippen LogP contribution in [-0.2, 0) is 16.2 Å². The molecule has 1 heterocycles. The van der Waals surface area contributed by atoms with Crippen LogP contribution >= 0.6 is 0 Å². The lowest BCUT2D eigenvalue weighted by atomic mass is 10.0. The minimum atomic E-state index is -4.77. The second kappa shape index (κ2) is 9.44. The third-order valence-corrected chi connectivity index (χ3v) is 6.07. The van der Waals surface area contributed by atoms with Crippen LogP contribution in [0.25, 0.3) is 11.1 Å². The van der Waals surface area contributed by atoms with Crippen molar-refractivity contribution in [2.24, 2.45) is 0 Å². The number of ether oxygens (including phenoxy) is 1. The Morgan fingerprint density at radius 2 is 1.63 bits per heavy atom. The number of anilines is 1. The van der Waals surface area contributed by atoms with Gasteiger partial charge in [-0.25, -0.2) is 23.1 Å². The number of rotatable bonds is 6. The van der Waals surface area contributed by atoms with E-state index in [0.717, 1.165) is 29.5 Å². The van der Waals surface area contributed by atoms with Gasteiger partial charge >= 0.3 is 6.18 Å². The quantitative estimate of drug-likeness (QED) is 0.371. The fourth-order valence-corrected chi connectivity index (χ4v) is 4.10. The Morgan fingerprint density at radius 3 is 2.34 bits per heavy atom. The van der Waals surface area contributed by atoms with Gasteiger partial charge < -0.3 is 4.74 Å². The van der Waals surface area contributed by atoms with Gasteiger partial charge in [0, 0.05) is 11.8 Å². The van der Waals surface area contributed by atoms with E-state index in [1.54, 1.807) is 12.1 Å². The van der Waals surface area contributed by atoms with Gasteiger partial charge in [0.15, 0.2) is 0 Å². The topological polar surface area (TPSA) is 105 Å². The van der Waals surface area contributed by atoms with Crippen LogP contribution in [0.3, 0.4) is 0 Å². The molecule has 176 valence electrons. The molecule has 3 aromatic carbocycles. The average Bonchev–Trinajstić information content (AvgIpc) is 2.84. The van der Waals surface area contributed by atoms with Crippen molar-refractivity contribution in [1.29, 1.82) is 5.26 Å². The van der Waals surface area contributed by atoms with Crippen molar-refractivity contribution in [3.05, 3.63) is 96.3 Å². The molecule has 1 aromatic heterocycles. The Bertz CT molecular complexity index is 1520. The van der Waals surface area contributed by atoms with Gasteiger partial charge in [-0.05, 0) is 35.9 Å². The van der Waals surface area contributed by atoms with E-state index < -0.39 is 27.8 Å². The molecule has 35 heavy (non-hydrogen) atoms. The van der Waals surface area contributed by atoms with Gasteiger partial charge in [-0.2, -0.15) is 18.4 Å². The van der Waals surface area contributed by atoms with E-state index in [4.69, 9.17) is 4.74 Å². The molecule has 4 aromatic rings. The highest BCUT2D eigenvalue weighted by Crippen LogP contribution is 2.35. The number of nitrogens with zero attached hydrogens (tertiary/aromatic N) is 3. The minimum Gasteiger partial charge on any atom is -0.455 e. The number of sulfonamides is 1. The molecule has 0 amide bonds. The summed E-state index contributed by atoms with van der Waals surface area (Å²) < 4.78 is 71.9. The van der Waals surface area contributed by atoms with Crippen LogP contribution in [-0.4, -0.2) is 18.4 Å². The monoisotopic (exact) mass is 496 g/mol. The number of aromatic nitrogens is 2. The van der Waals surface area contributed by atoms with Crippen LogP contribution in [0.5, 0.6) is 11.5 Å². The van der Waals surface area contributed by atoms with E-state index in [9.17, 15) is 26.9 Å². The first-order chi connectivity index (χ1) is 16.7. The maximum atomic E-state index is 12.9. The Kier molecular flexibility index (Phi) is 6.40. The normalized spacial score (nSPS) is 11.5. The first-order valence-electron chi connectivity index (χ1n) is 9.97. The summed E-state index contributed by atoms with van der Waals surface area (Å²) in [6.45, 7) is 0. The second-order valence-electron chi connectivity index (χ2n) is 7.10. The van der Waals surface area contributed by atoms with Gasteiger partial charge in [-0.1, -0.05) is 48.5 Å². The lowest BCUT2D eigenvalue weighted by Gasteiger charge is -2.14. The van der Waals surface area contributed by atoms with Crippen molar-refractivity contribution >= 4 is 16.0 Å². The van der Waals surface area contributed by atoms with E-state index in [2.05, 4.69) is 9.97 Å². The summed E-state index contributed by atoms with van der Waals surface area (Å²) in [4.78, 5) is 6.34. The number of benzene rings is 3. The van der Waals surface area contributed by atoms with Gasteiger partial charge in [0.2, 0.25) is 5.95 Å². The number of hydrogen-bond acceptors (Lipinski definition) is 6. The molecular formula is C24H15F3N4O3S. The van der Waals surface area contributed by atoms with Crippen LogP contribution in [0, 0.1) is 11.3 Å². The first-order valence-corrected chi connectivity index (χ1v) is 11.5. The van der Waals surface area contributed by atoms with Gasteiger partial charge in [0.1, 0.15) is 23.3 Å². The van der Waals surface area contributed by atoms with Crippen molar-refractivity contribution in [3.63, 3.8) is 0 Å². The molecule has 1 N–H and O–H groups in total. The lowest BCUT2D eigenvalue weighted by Crippen LogP contribution is -2.17. The summed E-state index contributed by atoms with van der Waals surface area (Å²) in [5.41, 5.74) is 0.243. The SMILES string of the molecule is N#Cc1cc(S(=O)(=O)Nc2nccc(C(F)(F)F)n2)ccc1Oc1ccccc1-c1ccccc1.